The Bertz CT molecular complexity index is 333. The molecular formula is C16H30N2O2. The Morgan fingerprint density at radius 3 is 2.40 bits per heavy atom. The number of nitrogens with one attached hydrogen (secondary N) is 1. The van der Waals surface area contributed by atoms with Crippen LogP contribution in [0.4, 0.5) is 4.79 Å². The van der Waals surface area contributed by atoms with Crippen molar-refractivity contribution in [1.82, 2.24) is 10.2 Å². The maximum atomic E-state index is 11.5. The topological polar surface area (TPSA) is 41.6 Å². The Morgan fingerprint density at radius 2 is 1.90 bits per heavy atom. The van der Waals surface area contributed by atoms with Crippen LogP contribution in [0.1, 0.15) is 53.4 Å². The average molecular weight is 282 g/mol. The van der Waals surface area contributed by atoms with Crippen LogP contribution < -0.4 is 5.32 Å². The van der Waals surface area contributed by atoms with E-state index in [9.17, 15) is 4.79 Å². The third-order valence-electron chi connectivity index (χ3n) is 4.58. The fourth-order valence-electron chi connectivity index (χ4n) is 3.71. The molecule has 1 heterocycles. The Kier molecular flexibility index (Phi) is 4.62. The van der Waals surface area contributed by atoms with Gasteiger partial charge in [-0.1, -0.05) is 6.92 Å². The average Bonchev–Trinajstić information content (AvgIpc) is 2.27. The minimum Gasteiger partial charge on any atom is -0.444 e. The second-order valence-electron chi connectivity index (χ2n) is 7.78. The lowest BCUT2D eigenvalue weighted by Crippen LogP contribution is -2.48. The lowest BCUT2D eigenvalue weighted by atomic mass is 9.58. The maximum Gasteiger partial charge on any atom is 0.407 e. The van der Waals surface area contributed by atoms with Crippen LogP contribution in [0.2, 0.25) is 0 Å². The number of hydrogen-bond acceptors (Lipinski definition) is 3. The summed E-state index contributed by atoms with van der Waals surface area (Å²) in [6.07, 6.45) is 5.22. The molecule has 0 unspecified atom stereocenters. The molecule has 20 heavy (non-hydrogen) atoms. The van der Waals surface area contributed by atoms with Crippen molar-refractivity contribution in [3.8, 4) is 0 Å². The van der Waals surface area contributed by atoms with Gasteiger partial charge in [-0.05, 0) is 70.9 Å². The van der Waals surface area contributed by atoms with Gasteiger partial charge in [0.05, 0.1) is 0 Å². The third kappa shape index (κ3) is 4.37. The molecule has 1 aliphatic carbocycles. The Hall–Kier alpha value is -0.770. The summed E-state index contributed by atoms with van der Waals surface area (Å²) in [5.41, 5.74) is 0.261. The number of piperidine rings is 1. The molecule has 0 radical (unpaired) electrons. The molecule has 1 saturated heterocycles. The lowest BCUT2D eigenvalue weighted by Gasteiger charge is -2.51. The van der Waals surface area contributed by atoms with E-state index < -0.39 is 5.60 Å². The fraction of sp³-hybridized carbons (Fsp3) is 0.938. The van der Waals surface area contributed by atoms with Gasteiger partial charge in [0.2, 0.25) is 0 Å². The first kappa shape index (κ1) is 15.6. The Balaban J connectivity index is 1.58. The standard InChI is InChI=1S/C16H30N2O2/c1-13-11-16(12-13)5-8-18(9-6-16)10-7-17-14(19)20-15(2,3)4/h13H,5-12H2,1-4H3,(H,17,19). The number of nitrogens with zero attached hydrogens (tertiary/aromatic N) is 1. The van der Waals surface area contributed by atoms with Crippen molar-refractivity contribution in [2.24, 2.45) is 11.3 Å². The van der Waals surface area contributed by atoms with E-state index in [-0.39, 0.29) is 6.09 Å². The van der Waals surface area contributed by atoms with Gasteiger partial charge >= 0.3 is 6.09 Å². The highest BCUT2D eigenvalue weighted by Gasteiger charge is 2.43. The second-order valence-corrected chi connectivity index (χ2v) is 7.78. The van der Waals surface area contributed by atoms with Gasteiger partial charge in [-0.25, -0.2) is 4.79 Å². The molecule has 0 aromatic heterocycles. The molecule has 1 amide bonds. The number of alkyl carbamates (subject to hydrolysis) is 1. The van der Waals surface area contributed by atoms with Crippen LogP contribution in [0.3, 0.4) is 0 Å². The number of amides is 1. The van der Waals surface area contributed by atoms with Crippen LogP contribution >= 0.6 is 0 Å². The van der Waals surface area contributed by atoms with Crippen molar-refractivity contribution in [3.05, 3.63) is 0 Å². The zero-order chi connectivity index (χ0) is 14.8. The van der Waals surface area contributed by atoms with E-state index in [4.69, 9.17) is 4.74 Å². The van der Waals surface area contributed by atoms with Crippen molar-refractivity contribution in [2.75, 3.05) is 26.2 Å². The number of carbonyl (C=O) groups excluding carboxylic acids is 1. The monoisotopic (exact) mass is 282 g/mol. The van der Waals surface area contributed by atoms with Crippen molar-refractivity contribution in [2.45, 2.75) is 59.0 Å². The van der Waals surface area contributed by atoms with E-state index >= 15 is 0 Å². The Labute approximate surface area is 123 Å². The minimum atomic E-state index is -0.414. The highest BCUT2D eigenvalue weighted by Crippen LogP contribution is 2.52. The number of hydrogen-bond donors (Lipinski definition) is 1. The molecule has 2 rings (SSSR count). The summed E-state index contributed by atoms with van der Waals surface area (Å²) in [6.45, 7) is 12.0. The van der Waals surface area contributed by atoms with Crippen LogP contribution in [0.15, 0.2) is 0 Å². The van der Waals surface area contributed by atoms with Gasteiger partial charge in [-0.15, -0.1) is 0 Å². The minimum absolute atomic E-state index is 0.307. The molecule has 0 aromatic carbocycles. The molecule has 4 heteroatoms. The molecular weight excluding hydrogens is 252 g/mol. The molecule has 0 atom stereocenters. The van der Waals surface area contributed by atoms with Crippen molar-refractivity contribution >= 4 is 6.09 Å². The molecule has 2 fully saturated rings. The normalized spacial score (nSPS) is 23.4. The van der Waals surface area contributed by atoms with Gasteiger partial charge in [-0.3, -0.25) is 0 Å². The van der Waals surface area contributed by atoms with Crippen molar-refractivity contribution in [1.29, 1.82) is 0 Å². The van der Waals surface area contributed by atoms with Crippen molar-refractivity contribution < 1.29 is 9.53 Å². The Morgan fingerprint density at radius 1 is 1.30 bits per heavy atom. The number of likely N-dealkylation sites (tertiary alicyclic amines) is 1. The summed E-state index contributed by atoms with van der Waals surface area (Å²) in [5, 5.41) is 2.84. The third-order valence-corrected chi connectivity index (χ3v) is 4.58. The number of rotatable bonds is 3. The van der Waals surface area contributed by atoms with Crippen LogP contribution in [-0.4, -0.2) is 42.8 Å². The zero-order valence-electron chi connectivity index (χ0n) is 13.5. The van der Waals surface area contributed by atoms with Gasteiger partial charge in [-0.2, -0.15) is 0 Å². The fourth-order valence-corrected chi connectivity index (χ4v) is 3.71. The first-order chi connectivity index (χ1) is 9.28. The summed E-state index contributed by atoms with van der Waals surface area (Å²) in [4.78, 5) is 14.0. The van der Waals surface area contributed by atoms with E-state index in [1.54, 1.807) is 0 Å². The molecule has 0 aromatic rings. The summed E-state index contributed by atoms with van der Waals surface area (Å²) in [7, 11) is 0. The summed E-state index contributed by atoms with van der Waals surface area (Å²) in [6, 6.07) is 0. The lowest BCUT2D eigenvalue weighted by molar-refractivity contribution is -0.00577. The first-order valence-corrected chi connectivity index (χ1v) is 7.97. The van der Waals surface area contributed by atoms with Gasteiger partial charge in [0, 0.05) is 13.1 Å². The SMILES string of the molecule is CC1CC2(CCN(CCNC(=O)OC(C)(C)C)CC2)C1. The largest absolute Gasteiger partial charge is 0.444 e. The summed E-state index contributed by atoms with van der Waals surface area (Å²) < 4.78 is 5.23. The predicted octanol–water partition coefficient (Wildman–Crippen LogP) is 3.02. The van der Waals surface area contributed by atoms with E-state index in [1.165, 1.54) is 38.8 Å². The van der Waals surface area contributed by atoms with E-state index in [0.717, 1.165) is 12.5 Å². The van der Waals surface area contributed by atoms with Crippen LogP contribution in [0.25, 0.3) is 0 Å². The predicted molar refractivity (Wildman–Crippen MR) is 80.7 cm³/mol. The van der Waals surface area contributed by atoms with Crippen LogP contribution in [-0.2, 0) is 4.74 Å². The quantitative estimate of drug-likeness (QED) is 0.865. The molecule has 4 nitrogen and oxygen atoms in total. The number of carbonyl (C=O) groups is 1. The second kappa shape index (κ2) is 5.92. The molecule has 1 aliphatic heterocycles. The molecule has 0 bridgehead atoms. The van der Waals surface area contributed by atoms with Gasteiger partial charge in [0.15, 0.2) is 0 Å². The highest BCUT2D eigenvalue weighted by atomic mass is 16.6. The number of ether oxygens (including phenoxy) is 1. The maximum absolute atomic E-state index is 11.5. The van der Waals surface area contributed by atoms with Crippen molar-refractivity contribution in [3.63, 3.8) is 0 Å². The van der Waals surface area contributed by atoms with E-state index in [1.807, 2.05) is 20.8 Å². The smallest absolute Gasteiger partial charge is 0.407 e. The van der Waals surface area contributed by atoms with Gasteiger partial charge in [0.25, 0.3) is 0 Å². The molecule has 1 N–H and O–H groups in total. The highest BCUT2D eigenvalue weighted by molar-refractivity contribution is 5.67. The summed E-state index contributed by atoms with van der Waals surface area (Å²) in [5.74, 6) is 0.940. The van der Waals surface area contributed by atoms with Crippen LogP contribution in [0, 0.1) is 11.3 Å². The summed E-state index contributed by atoms with van der Waals surface area (Å²) >= 11 is 0. The molecule has 2 aliphatic rings. The van der Waals surface area contributed by atoms with E-state index in [2.05, 4.69) is 17.1 Å². The van der Waals surface area contributed by atoms with Gasteiger partial charge in [0.1, 0.15) is 5.60 Å². The molecule has 1 saturated carbocycles. The molecule has 116 valence electrons. The van der Waals surface area contributed by atoms with Gasteiger partial charge < -0.3 is 15.0 Å². The molecule has 1 spiro atoms. The zero-order valence-corrected chi connectivity index (χ0v) is 13.5. The van der Waals surface area contributed by atoms with E-state index in [0.29, 0.717) is 12.0 Å². The first-order valence-electron chi connectivity index (χ1n) is 7.97. The van der Waals surface area contributed by atoms with Crippen LogP contribution in [0.5, 0.6) is 0 Å².